The van der Waals surface area contributed by atoms with E-state index in [4.69, 9.17) is 0 Å². The van der Waals surface area contributed by atoms with Crippen molar-refractivity contribution in [2.45, 2.75) is 27.7 Å². The number of hydrogen-bond acceptors (Lipinski definition) is 4. The third-order valence-electron chi connectivity index (χ3n) is 0.943. The molecule has 0 aliphatic rings. The van der Waals surface area contributed by atoms with Crippen molar-refractivity contribution in [1.29, 1.82) is 0 Å². The second kappa shape index (κ2) is 9.53. The van der Waals surface area contributed by atoms with Gasteiger partial charge in [-0.2, -0.15) is 0 Å². The molecule has 13 heavy (non-hydrogen) atoms. The van der Waals surface area contributed by atoms with E-state index in [9.17, 15) is 19.8 Å². The third kappa shape index (κ3) is 18.4. The Hall–Kier alpha value is -0.554. The van der Waals surface area contributed by atoms with Crippen molar-refractivity contribution in [3.8, 4) is 0 Å². The van der Waals surface area contributed by atoms with Crippen LogP contribution >= 0.6 is 0 Å². The second-order valence-corrected chi connectivity index (χ2v) is 2.95. The summed E-state index contributed by atoms with van der Waals surface area (Å²) >= 11 is 0. The molecule has 0 spiro atoms. The molecule has 0 saturated carbocycles. The first-order chi connectivity index (χ1) is 5.29. The van der Waals surface area contributed by atoms with Crippen LogP contribution in [0.15, 0.2) is 0 Å². The summed E-state index contributed by atoms with van der Waals surface area (Å²) in [5, 5.41) is 19.2. The fourth-order valence-electron chi connectivity index (χ4n) is 0. The molecular weight excluding hydrogens is 219 g/mol. The summed E-state index contributed by atoms with van der Waals surface area (Å²) in [5.74, 6) is -2.67. The summed E-state index contributed by atoms with van der Waals surface area (Å²) < 4.78 is 0. The van der Waals surface area contributed by atoms with E-state index in [-0.39, 0.29) is 28.6 Å². The van der Waals surface area contributed by atoms with Crippen LogP contribution in [0.2, 0.25) is 0 Å². The van der Waals surface area contributed by atoms with Crippen molar-refractivity contribution >= 4 is 11.9 Å². The molecule has 0 N–H and O–H groups in total. The second-order valence-electron chi connectivity index (χ2n) is 2.95. The number of aliphatic carboxylic acids is 2. The molecule has 4 nitrogen and oxygen atoms in total. The molecule has 0 bridgehead atoms. The number of carboxylic acid groups (broad SMARTS) is 2. The fraction of sp³-hybridized carbons (Fsp3) is 0.750. The van der Waals surface area contributed by atoms with E-state index in [1.165, 1.54) is 0 Å². The molecule has 0 aromatic carbocycles. The SMILES string of the molecule is CC(C)C(=O)[O-].CC(C)C(=O)[O-].[Co+2]. The van der Waals surface area contributed by atoms with Crippen molar-refractivity contribution < 1.29 is 36.6 Å². The minimum absolute atomic E-state index is 0. The zero-order valence-electron chi connectivity index (χ0n) is 8.12. The van der Waals surface area contributed by atoms with Crippen LogP contribution in [0, 0.1) is 11.8 Å². The summed E-state index contributed by atoms with van der Waals surface area (Å²) in [6, 6.07) is 0. The Bertz CT molecular complexity index is 136. The summed E-state index contributed by atoms with van der Waals surface area (Å²) in [6.45, 7) is 6.31. The molecule has 0 aromatic heterocycles. The van der Waals surface area contributed by atoms with E-state index in [0.29, 0.717) is 0 Å². The van der Waals surface area contributed by atoms with Crippen molar-refractivity contribution in [2.75, 3.05) is 0 Å². The number of hydrogen-bond donors (Lipinski definition) is 0. The van der Waals surface area contributed by atoms with Gasteiger partial charge in [0.05, 0.1) is 0 Å². The van der Waals surface area contributed by atoms with Crippen LogP contribution in [0.4, 0.5) is 0 Å². The van der Waals surface area contributed by atoms with Crippen molar-refractivity contribution in [3.63, 3.8) is 0 Å². The summed E-state index contributed by atoms with van der Waals surface area (Å²) in [5.41, 5.74) is 0. The zero-order valence-corrected chi connectivity index (χ0v) is 9.16. The number of carbonyl (C=O) groups is 2. The number of carboxylic acids is 2. The Balaban J connectivity index is -0.000000143. The van der Waals surface area contributed by atoms with Crippen LogP contribution in [0.3, 0.4) is 0 Å². The topological polar surface area (TPSA) is 80.3 Å². The van der Waals surface area contributed by atoms with Crippen LogP contribution in [-0.2, 0) is 26.4 Å². The van der Waals surface area contributed by atoms with Gasteiger partial charge in [-0.3, -0.25) is 0 Å². The first kappa shape index (κ1) is 18.3. The maximum Gasteiger partial charge on any atom is 2.00 e. The molecule has 5 heteroatoms. The molecule has 0 unspecified atom stereocenters. The average molecular weight is 233 g/mol. The van der Waals surface area contributed by atoms with Gasteiger partial charge in [0.1, 0.15) is 0 Å². The molecule has 0 saturated heterocycles. The molecular formula is C8H14CoO4. The monoisotopic (exact) mass is 233 g/mol. The largest absolute Gasteiger partial charge is 2.00 e. The van der Waals surface area contributed by atoms with Gasteiger partial charge in [-0.1, -0.05) is 27.7 Å². The van der Waals surface area contributed by atoms with Crippen molar-refractivity contribution in [3.05, 3.63) is 0 Å². The van der Waals surface area contributed by atoms with Gasteiger partial charge in [-0.15, -0.1) is 0 Å². The van der Waals surface area contributed by atoms with Gasteiger partial charge in [-0.05, 0) is 11.8 Å². The van der Waals surface area contributed by atoms with Crippen molar-refractivity contribution in [2.24, 2.45) is 11.8 Å². The smallest absolute Gasteiger partial charge is 0.550 e. The maximum atomic E-state index is 9.59. The zero-order chi connectivity index (χ0) is 10.3. The molecule has 0 rings (SSSR count). The molecule has 0 fully saturated rings. The van der Waals surface area contributed by atoms with Crippen molar-refractivity contribution in [1.82, 2.24) is 0 Å². The Labute approximate surface area is 88.5 Å². The molecule has 0 atom stereocenters. The van der Waals surface area contributed by atoms with E-state index in [1.54, 1.807) is 27.7 Å². The molecule has 79 valence electrons. The summed E-state index contributed by atoms with van der Waals surface area (Å²) in [7, 11) is 0. The Morgan fingerprint density at radius 2 is 0.923 bits per heavy atom. The van der Waals surface area contributed by atoms with Crippen LogP contribution in [-0.4, -0.2) is 11.9 Å². The Morgan fingerprint density at radius 1 is 0.846 bits per heavy atom. The van der Waals surface area contributed by atoms with E-state index in [2.05, 4.69) is 0 Å². The number of rotatable bonds is 2. The van der Waals surface area contributed by atoms with E-state index in [0.717, 1.165) is 0 Å². The van der Waals surface area contributed by atoms with E-state index < -0.39 is 11.9 Å². The fourth-order valence-corrected chi connectivity index (χ4v) is 0. The van der Waals surface area contributed by atoms with Gasteiger partial charge in [0.15, 0.2) is 0 Å². The van der Waals surface area contributed by atoms with Gasteiger partial charge in [0.25, 0.3) is 0 Å². The Kier molecular flexibility index (Phi) is 13.4. The van der Waals surface area contributed by atoms with Crippen LogP contribution in [0.1, 0.15) is 27.7 Å². The molecule has 0 aromatic rings. The van der Waals surface area contributed by atoms with Crippen LogP contribution in [0.25, 0.3) is 0 Å². The normalized spacial score (nSPS) is 8.46. The molecule has 0 aliphatic heterocycles. The molecule has 0 heterocycles. The van der Waals surface area contributed by atoms with E-state index >= 15 is 0 Å². The van der Waals surface area contributed by atoms with Gasteiger partial charge in [-0.25, -0.2) is 0 Å². The Morgan fingerprint density at radius 3 is 0.923 bits per heavy atom. The predicted octanol–water partition coefficient (Wildman–Crippen LogP) is -1.22. The summed E-state index contributed by atoms with van der Waals surface area (Å²) in [6.07, 6.45) is 0. The third-order valence-corrected chi connectivity index (χ3v) is 0.943. The minimum Gasteiger partial charge on any atom is -0.550 e. The average Bonchev–Trinajstić information content (AvgIpc) is 1.88. The number of carbonyl (C=O) groups excluding carboxylic acids is 2. The standard InChI is InChI=1S/2C4H8O2.Co/c2*1-3(2)4(5)6;/h2*3H,1-2H3,(H,5,6);/q;;+2/p-2. The molecule has 0 amide bonds. The molecule has 0 aliphatic carbocycles. The van der Waals surface area contributed by atoms with Gasteiger partial charge >= 0.3 is 16.8 Å². The minimum atomic E-state index is -0.991. The molecule has 1 radical (unpaired) electrons. The quantitative estimate of drug-likeness (QED) is 0.598. The maximum absolute atomic E-state index is 9.59. The van der Waals surface area contributed by atoms with E-state index in [1.807, 2.05) is 0 Å². The first-order valence-corrected chi connectivity index (χ1v) is 3.70. The van der Waals surface area contributed by atoms with Gasteiger partial charge in [0.2, 0.25) is 0 Å². The van der Waals surface area contributed by atoms with Gasteiger partial charge in [0, 0.05) is 11.9 Å². The predicted molar refractivity (Wildman–Crippen MR) is 39.7 cm³/mol. The van der Waals surface area contributed by atoms with Gasteiger partial charge < -0.3 is 19.8 Å². The first-order valence-electron chi connectivity index (χ1n) is 3.70. The van der Waals surface area contributed by atoms with Crippen LogP contribution in [0.5, 0.6) is 0 Å². The summed E-state index contributed by atoms with van der Waals surface area (Å²) in [4.78, 5) is 19.2. The van der Waals surface area contributed by atoms with Crippen LogP contribution < -0.4 is 10.2 Å².